The summed E-state index contributed by atoms with van der Waals surface area (Å²) in [6.45, 7) is 0. The first-order chi connectivity index (χ1) is 12.5. The molecule has 0 aromatic carbocycles. The van der Waals surface area contributed by atoms with Crippen LogP contribution in [-0.2, 0) is 14.3 Å². The van der Waals surface area contributed by atoms with Crippen molar-refractivity contribution in [1.82, 2.24) is 19.6 Å². The summed E-state index contributed by atoms with van der Waals surface area (Å²) in [4.78, 5) is 30.4. The van der Waals surface area contributed by atoms with E-state index in [4.69, 9.17) is 4.74 Å². The number of aromatic nitrogens is 4. The quantitative estimate of drug-likeness (QED) is 0.565. The van der Waals surface area contributed by atoms with Gasteiger partial charge in [-0.05, 0) is 24.3 Å². The van der Waals surface area contributed by atoms with Gasteiger partial charge in [0.25, 0.3) is 5.91 Å². The highest BCUT2D eigenvalue weighted by atomic mass is 19.1. The van der Waals surface area contributed by atoms with E-state index in [-0.39, 0.29) is 17.9 Å². The Morgan fingerprint density at radius 3 is 2.81 bits per heavy atom. The highest BCUT2D eigenvalue weighted by molar-refractivity contribution is 5.95. The van der Waals surface area contributed by atoms with E-state index in [1.54, 1.807) is 12.1 Å². The lowest BCUT2D eigenvalue weighted by molar-refractivity contribution is -0.146. The number of carbonyl (C=O) groups excluding carboxylic acids is 2. The number of halogens is 2. The maximum Gasteiger partial charge on any atom is 0.306 e. The van der Waals surface area contributed by atoms with Crippen LogP contribution in [0, 0.1) is 11.9 Å². The number of rotatable bonds is 3. The van der Waals surface area contributed by atoms with Gasteiger partial charge in [-0.1, -0.05) is 0 Å². The van der Waals surface area contributed by atoms with E-state index in [9.17, 15) is 18.4 Å². The number of cyclic esters (lactones) is 1. The van der Waals surface area contributed by atoms with Crippen molar-refractivity contribution in [1.29, 1.82) is 0 Å². The van der Waals surface area contributed by atoms with Gasteiger partial charge in [0, 0.05) is 30.2 Å². The number of anilines is 1. The lowest BCUT2D eigenvalue weighted by Gasteiger charge is -2.06. The molecule has 1 fully saturated rings. The third-order valence-corrected chi connectivity index (χ3v) is 3.87. The van der Waals surface area contributed by atoms with E-state index in [1.165, 1.54) is 16.8 Å². The van der Waals surface area contributed by atoms with Crippen molar-refractivity contribution in [2.75, 3.05) is 5.32 Å². The number of amides is 1. The first-order valence-electron chi connectivity index (χ1n) is 7.69. The molecular formula is C16H11F2N5O3. The van der Waals surface area contributed by atoms with Crippen molar-refractivity contribution in [2.45, 2.75) is 18.9 Å². The number of ether oxygens (including phenoxy) is 1. The van der Waals surface area contributed by atoms with Crippen LogP contribution in [0.4, 0.5) is 14.7 Å². The monoisotopic (exact) mass is 359 g/mol. The number of hydrogen-bond acceptors (Lipinski definition) is 6. The third-order valence-electron chi connectivity index (χ3n) is 3.87. The molecule has 4 rings (SSSR count). The number of pyridine rings is 2. The Morgan fingerprint density at radius 2 is 2.08 bits per heavy atom. The van der Waals surface area contributed by atoms with Crippen LogP contribution in [0.2, 0.25) is 0 Å². The fraction of sp³-hybridized carbons (Fsp3) is 0.188. The second kappa shape index (κ2) is 6.14. The number of esters is 1. The summed E-state index contributed by atoms with van der Waals surface area (Å²) < 4.78 is 33.0. The predicted octanol–water partition coefficient (Wildman–Crippen LogP) is 1.71. The van der Waals surface area contributed by atoms with E-state index in [0.29, 0.717) is 17.6 Å². The van der Waals surface area contributed by atoms with E-state index < -0.39 is 29.9 Å². The molecule has 1 atom stereocenters. The van der Waals surface area contributed by atoms with Gasteiger partial charge in [0.15, 0.2) is 11.8 Å². The Hall–Kier alpha value is -3.43. The summed E-state index contributed by atoms with van der Waals surface area (Å²) >= 11 is 0. The van der Waals surface area contributed by atoms with E-state index >= 15 is 0 Å². The highest BCUT2D eigenvalue weighted by Crippen LogP contribution is 2.22. The summed E-state index contributed by atoms with van der Waals surface area (Å²) in [6, 6.07) is 5.47. The van der Waals surface area contributed by atoms with Gasteiger partial charge < -0.3 is 4.74 Å². The average Bonchev–Trinajstić information content (AvgIpc) is 3.19. The average molecular weight is 359 g/mol. The first-order valence-corrected chi connectivity index (χ1v) is 7.69. The van der Waals surface area contributed by atoms with E-state index in [0.717, 1.165) is 6.07 Å². The summed E-state index contributed by atoms with van der Waals surface area (Å²) in [5.41, 5.74) is 0.921. The smallest absolute Gasteiger partial charge is 0.306 e. The van der Waals surface area contributed by atoms with Crippen LogP contribution in [-0.4, -0.2) is 37.6 Å². The van der Waals surface area contributed by atoms with Crippen molar-refractivity contribution in [2.24, 2.45) is 0 Å². The Balaban J connectivity index is 1.59. The molecule has 1 N–H and O–H groups in total. The number of hydrogen-bond donors (Lipinski definition) is 1. The van der Waals surface area contributed by atoms with Crippen molar-refractivity contribution >= 4 is 23.5 Å². The topological polar surface area (TPSA) is 98.5 Å². The van der Waals surface area contributed by atoms with E-state index in [1.807, 2.05) is 0 Å². The Bertz CT molecular complexity index is 1040. The second-order valence-electron chi connectivity index (χ2n) is 5.63. The summed E-state index contributed by atoms with van der Waals surface area (Å²) in [5.74, 6) is -2.77. The van der Waals surface area contributed by atoms with Crippen LogP contribution < -0.4 is 5.32 Å². The SMILES string of the molecule is O=C1CC[C@H](C(=O)Nc2nc3ccc(-c4ccc(F)nc4F)cn3n2)O1. The van der Waals surface area contributed by atoms with Gasteiger partial charge in [0.05, 0.1) is 0 Å². The molecule has 0 spiro atoms. The van der Waals surface area contributed by atoms with Crippen molar-refractivity contribution < 1.29 is 23.1 Å². The normalized spacial score (nSPS) is 16.7. The number of fused-ring (bicyclic) bond motifs is 1. The molecule has 1 aliphatic heterocycles. The minimum Gasteiger partial charge on any atom is -0.452 e. The Kier molecular flexibility index (Phi) is 3.79. The summed E-state index contributed by atoms with van der Waals surface area (Å²) in [7, 11) is 0. The minimum absolute atomic E-state index is 0.0211. The zero-order valence-electron chi connectivity index (χ0n) is 13.1. The largest absolute Gasteiger partial charge is 0.452 e. The van der Waals surface area contributed by atoms with Crippen LogP contribution in [0.5, 0.6) is 0 Å². The zero-order valence-corrected chi connectivity index (χ0v) is 13.1. The highest BCUT2D eigenvalue weighted by Gasteiger charge is 2.30. The Labute approximate surface area is 144 Å². The van der Waals surface area contributed by atoms with Crippen LogP contribution in [0.3, 0.4) is 0 Å². The maximum atomic E-state index is 13.8. The van der Waals surface area contributed by atoms with Gasteiger partial charge in [0.1, 0.15) is 0 Å². The van der Waals surface area contributed by atoms with Gasteiger partial charge in [0.2, 0.25) is 17.8 Å². The molecule has 132 valence electrons. The molecular weight excluding hydrogens is 348 g/mol. The molecule has 3 aromatic rings. The first kappa shape index (κ1) is 16.1. The van der Waals surface area contributed by atoms with Crippen molar-refractivity contribution in [3.63, 3.8) is 0 Å². The van der Waals surface area contributed by atoms with Crippen LogP contribution in [0.25, 0.3) is 16.8 Å². The predicted molar refractivity (Wildman–Crippen MR) is 83.9 cm³/mol. The molecule has 0 radical (unpaired) electrons. The molecule has 8 nitrogen and oxygen atoms in total. The number of carbonyl (C=O) groups is 2. The molecule has 1 amide bonds. The molecule has 10 heteroatoms. The second-order valence-corrected chi connectivity index (χ2v) is 5.63. The van der Waals surface area contributed by atoms with Gasteiger partial charge in [-0.3, -0.25) is 14.9 Å². The zero-order chi connectivity index (χ0) is 18.3. The number of nitrogens with zero attached hydrogens (tertiary/aromatic N) is 4. The Morgan fingerprint density at radius 1 is 1.23 bits per heavy atom. The van der Waals surface area contributed by atoms with Gasteiger partial charge in [-0.2, -0.15) is 18.7 Å². The third kappa shape index (κ3) is 2.96. The summed E-state index contributed by atoms with van der Waals surface area (Å²) in [5, 5.41) is 6.57. The fourth-order valence-corrected chi connectivity index (χ4v) is 2.62. The van der Waals surface area contributed by atoms with E-state index in [2.05, 4.69) is 20.4 Å². The van der Waals surface area contributed by atoms with Crippen LogP contribution >= 0.6 is 0 Å². The fourth-order valence-electron chi connectivity index (χ4n) is 2.62. The molecule has 1 aliphatic rings. The molecule has 26 heavy (non-hydrogen) atoms. The molecule has 0 unspecified atom stereocenters. The lowest BCUT2D eigenvalue weighted by Crippen LogP contribution is -2.27. The van der Waals surface area contributed by atoms with Crippen molar-refractivity contribution in [3.8, 4) is 11.1 Å². The molecule has 0 bridgehead atoms. The molecule has 4 heterocycles. The lowest BCUT2D eigenvalue weighted by atomic mass is 10.1. The molecule has 1 saturated heterocycles. The molecule has 3 aromatic heterocycles. The standard InChI is InChI=1S/C16H11F2N5O3/c17-11-4-2-9(14(18)19-11)8-1-5-12-20-16(22-23(12)7-8)21-15(25)10-3-6-13(24)26-10/h1-2,4-5,7,10H,3,6H2,(H,21,22,25)/t10-/m1/s1. The van der Waals surface area contributed by atoms with Gasteiger partial charge >= 0.3 is 5.97 Å². The van der Waals surface area contributed by atoms with Crippen LogP contribution in [0.15, 0.2) is 30.5 Å². The molecule has 0 saturated carbocycles. The minimum atomic E-state index is -0.943. The van der Waals surface area contributed by atoms with Gasteiger partial charge in [-0.25, -0.2) is 4.52 Å². The molecule has 0 aliphatic carbocycles. The van der Waals surface area contributed by atoms with Gasteiger partial charge in [-0.15, -0.1) is 5.10 Å². The van der Waals surface area contributed by atoms with Crippen molar-refractivity contribution in [3.05, 3.63) is 42.4 Å². The maximum absolute atomic E-state index is 13.8. The van der Waals surface area contributed by atoms with Crippen LogP contribution in [0.1, 0.15) is 12.8 Å². The number of nitrogens with one attached hydrogen (secondary N) is 1. The summed E-state index contributed by atoms with van der Waals surface area (Å²) in [6.07, 6.45) is 1.12.